The molecule has 1 aliphatic heterocycles. The number of hydrogen-bond donors (Lipinski definition) is 3. The summed E-state index contributed by atoms with van der Waals surface area (Å²) < 4.78 is 18.1. The van der Waals surface area contributed by atoms with E-state index in [9.17, 15) is 9.50 Å². The molecule has 1 aromatic heterocycles. The van der Waals surface area contributed by atoms with Crippen LogP contribution in [0.15, 0.2) is 17.3 Å². The van der Waals surface area contributed by atoms with Crippen LogP contribution in [-0.2, 0) is 4.74 Å². The van der Waals surface area contributed by atoms with Gasteiger partial charge in [0.25, 0.3) is 0 Å². The van der Waals surface area contributed by atoms with Gasteiger partial charge >= 0.3 is 0 Å². The Balaban J connectivity index is 2.30. The summed E-state index contributed by atoms with van der Waals surface area (Å²) in [5, 5.41) is 20.8. The summed E-state index contributed by atoms with van der Waals surface area (Å²) in [6, 6.07) is 2.44. The molecule has 2 rings (SSSR count). The van der Waals surface area contributed by atoms with Gasteiger partial charge in [-0.3, -0.25) is 0 Å². The van der Waals surface area contributed by atoms with Crippen LogP contribution < -0.4 is 5.73 Å². The number of hydrogen-bond acceptors (Lipinski definition) is 5. The van der Waals surface area contributed by atoms with Gasteiger partial charge in [-0.2, -0.15) is 0 Å². The minimum absolute atomic E-state index is 0.133. The average Bonchev–Trinajstić information content (AvgIpc) is 2.34. The summed E-state index contributed by atoms with van der Waals surface area (Å²) in [5.41, 5.74) is 4.01. The highest BCUT2D eigenvalue weighted by Crippen LogP contribution is 2.15. The Kier molecular flexibility index (Phi) is 3.14. The number of aromatic nitrogens is 1. The number of rotatable bonds is 1. The van der Waals surface area contributed by atoms with E-state index in [1.165, 1.54) is 6.07 Å². The lowest BCUT2D eigenvalue weighted by Crippen LogP contribution is -2.48. The fraction of sp³-hybridized carbons (Fsp3) is 0.273. The zero-order chi connectivity index (χ0) is 13.2. The van der Waals surface area contributed by atoms with Crippen LogP contribution in [0.3, 0.4) is 0 Å². The van der Waals surface area contributed by atoms with Gasteiger partial charge in [-0.15, -0.1) is 0 Å². The number of pyridine rings is 1. The van der Waals surface area contributed by atoms with Crippen LogP contribution >= 0.6 is 0 Å². The second-order valence-corrected chi connectivity index (χ2v) is 3.79. The van der Waals surface area contributed by atoms with E-state index < -0.39 is 17.3 Å². The lowest BCUT2D eigenvalue weighted by atomic mass is 10.0. The summed E-state index contributed by atoms with van der Waals surface area (Å²) in [4.78, 5) is 3.79. The molecule has 1 saturated heterocycles. The molecule has 0 amide bonds. The zero-order valence-corrected chi connectivity index (χ0v) is 9.22. The largest absolute Gasteiger partial charge is 0.409 e. The van der Waals surface area contributed by atoms with Crippen molar-refractivity contribution in [3.63, 3.8) is 0 Å². The van der Waals surface area contributed by atoms with Crippen LogP contribution in [0.1, 0.15) is 11.4 Å². The van der Waals surface area contributed by atoms with Crippen molar-refractivity contribution in [3.05, 3.63) is 29.3 Å². The number of nitrogens with two attached hydrogens (primary N) is 1. The van der Waals surface area contributed by atoms with Crippen molar-refractivity contribution in [1.82, 2.24) is 4.98 Å². The molecule has 6 nitrogen and oxygen atoms in total. The van der Waals surface area contributed by atoms with E-state index in [-0.39, 0.29) is 24.6 Å². The molecule has 0 atom stereocenters. The molecule has 0 aromatic carbocycles. The van der Waals surface area contributed by atoms with Crippen LogP contribution in [0.2, 0.25) is 0 Å². The highest BCUT2D eigenvalue weighted by molar-refractivity contribution is 5.95. The first-order chi connectivity index (χ1) is 8.54. The van der Waals surface area contributed by atoms with E-state index in [4.69, 9.17) is 15.7 Å². The van der Waals surface area contributed by atoms with E-state index in [0.29, 0.717) is 0 Å². The van der Waals surface area contributed by atoms with Gasteiger partial charge in [0, 0.05) is 0 Å². The number of oxime groups is 1. The zero-order valence-electron chi connectivity index (χ0n) is 9.22. The first kappa shape index (κ1) is 12.3. The minimum Gasteiger partial charge on any atom is -0.409 e. The Morgan fingerprint density at radius 3 is 2.83 bits per heavy atom. The standard InChI is InChI=1S/C11H10FN3O3/c12-8-2-1-7(14-9(8)10(13)15-17)3-4-11(16)5-18-6-11/h1-2,16-17H,5-6H2,(H2,13,15). The number of amidine groups is 1. The van der Waals surface area contributed by atoms with Crippen molar-refractivity contribution >= 4 is 5.84 Å². The van der Waals surface area contributed by atoms with E-state index >= 15 is 0 Å². The smallest absolute Gasteiger partial charge is 0.191 e. The Bertz CT molecular complexity index is 558. The van der Waals surface area contributed by atoms with Crippen molar-refractivity contribution in [2.24, 2.45) is 10.9 Å². The summed E-state index contributed by atoms with van der Waals surface area (Å²) in [5.74, 6) is 3.99. The minimum atomic E-state index is -1.17. The van der Waals surface area contributed by atoms with Crippen LogP contribution in [0.4, 0.5) is 4.39 Å². The lowest BCUT2D eigenvalue weighted by molar-refractivity contribution is -0.140. The predicted molar refractivity (Wildman–Crippen MR) is 59.4 cm³/mol. The summed E-state index contributed by atoms with van der Waals surface area (Å²) >= 11 is 0. The predicted octanol–water partition coefficient (Wildman–Crippen LogP) is -0.572. The van der Waals surface area contributed by atoms with Gasteiger partial charge in [0.15, 0.2) is 17.3 Å². The third-order valence-corrected chi connectivity index (χ3v) is 2.30. The van der Waals surface area contributed by atoms with E-state index in [0.717, 1.165) is 6.07 Å². The first-order valence-electron chi connectivity index (χ1n) is 5.02. The van der Waals surface area contributed by atoms with E-state index in [1.807, 2.05) is 0 Å². The molecular formula is C11H10FN3O3. The van der Waals surface area contributed by atoms with Gasteiger partial charge in [0.2, 0.25) is 0 Å². The Morgan fingerprint density at radius 2 is 2.28 bits per heavy atom. The monoisotopic (exact) mass is 251 g/mol. The van der Waals surface area contributed by atoms with Gasteiger partial charge in [0.05, 0.1) is 13.2 Å². The van der Waals surface area contributed by atoms with Crippen LogP contribution in [0.5, 0.6) is 0 Å². The molecule has 2 heterocycles. The van der Waals surface area contributed by atoms with Crippen molar-refractivity contribution in [1.29, 1.82) is 0 Å². The molecule has 94 valence electrons. The third kappa shape index (κ3) is 2.40. The summed E-state index contributed by atoms with van der Waals surface area (Å²) in [6.45, 7) is 0.266. The number of aliphatic hydroxyl groups is 1. The van der Waals surface area contributed by atoms with Crippen LogP contribution in [-0.4, -0.2) is 39.9 Å². The van der Waals surface area contributed by atoms with Gasteiger partial charge in [-0.1, -0.05) is 11.1 Å². The van der Waals surface area contributed by atoms with Gasteiger partial charge < -0.3 is 20.8 Å². The molecule has 1 aliphatic rings. The SMILES string of the molecule is N/C(=N\O)c1nc(C#CC2(O)COC2)ccc1F. The molecule has 0 aliphatic carbocycles. The molecule has 0 saturated carbocycles. The first-order valence-corrected chi connectivity index (χ1v) is 5.02. The van der Waals surface area contributed by atoms with Crippen molar-refractivity contribution in [2.75, 3.05) is 13.2 Å². The molecule has 0 unspecified atom stereocenters. The molecule has 4 N–H and O–H groups in total. The molecule has 0 radical (unpaired) electrons. The Morgan fingerprint density at radius 1 is 1.56 bits per heavy atom. The quantitative estimate of drug-likeness (QED) is 0.204. The summed E-state index contributed by atoms with van der Waals surface area (Å²) in [7, 11) is 0. The molecule has 0 spiro atoms. The molecule has 1 fully saturated rings. The fourth-order valence-corrected chi connectivity index (χ4v) is 1.29. The topological polar surface area (TPSA) is 101 Å². The van der Waals surface area contributed by atoms with E-state index in [2.05, 4.69) is 22.0 Å². The Hall–Kier alpha value is -2.17. The maximum absolute atomic E-state index is 13.3. The van der Waals surface area contributed by atoms with Crippen molar-refractivity contribution in [2.45, 2.75) is 5.60 Å². The molecule has 1 aromatic rings. The maximum atomic E-state index is 13.3. The van der Waals surface area contributed by atoms with E-state index in [1.54, 1.807) is 0 Å². The van der Waals surface area contributed by atoms with Gasteiger partial charge in [-0.25, -0.2) is 9.37 Å². The number of ether oxygens (including phenoxy) is 1. The second-order valence-electron chi connectivity index (χ2n) is 3.79. The average molecular weight is 251 g/mol. The Labute approximate surface area is 102 Å². The lowest BCUT2D eigenvalue weighted by Gasteiger charge is -2.30. The third-order valence-electron chi connectivity index (χ3n) is 2.30. The second kappa shape index (κ2) is 4.60. The number of nitrogens with zero attached hydrogens (tertiary/aromatic N) is 2. The molecule has 18 heavy (non-hydrogen) atoms. The van der Waals surface area contributed by atoms with Crippen LogP contribution in [0, 0.1) is 17.7 Å². The number of halogens is 1. The molecular weight excluding hydrogens is 241 g/mol. The fourth-order valence-electron chi connectivity index (χ4n) is 1.29. The van der Waals surface area contributed by atoms with Crippen molar-refractivity contribution < 1.29 is 19.4 Å². The highest BCUT2D eigenvalue weighted by Gasteiger charge is 2.33. The van der Waals surface area contributed by atoms with Gasteiger partial charge in [-0.05, 0) is 18.1 Å². The van der Waals surface area contributed by atoms with Crippen LogP contribution in [0.25, 0.3) is 0 Å². The van der Waals surface area contributed by atoms with Gasteiger partial charge in [0.1, 0.15) is 11.4 Å². The maximum Gasteiger partial charge on any atom is 0.191 e. The normalized spacial score (nSPS) is 17.6. The summed E-state index contributed by atoms with van der Waals surface area (Å²) in [6.07, 6.45) is 0. The van der Waals surface area contributed by atoms with Crippen molar-refractivity contribution in [3.8, 4) is 11.8 Å². The highest BCUT2D eigenvalue weighted by atomic mass is 19.1. The molecule has 0 bridgehead atoms. The molecule has 7 heteroatoms.